The van der Waals surface area contributed by atoms with Crippen LogP contribution < -0.4 is 5.32 Å². The number of hydrogen-bond acceptors (Lipinski definition) is 2. The zero-order valence-corrected chi connectivity index (χ0v) is 6.08. The highest BCUT2D eigenvalue weighted by atomic mass is 16.3. The maximum absolute atomic E-state index is 8.36. The molecule has 0 radical (unpaired) electrons. The maximum atomic E-state index is 8.36. The van der Waals surface area contributed by atoms with Gasteiger partial charge >= 0.3 is 0 Å². The van der Waals surface area contributed by atoms with Crippen LogP contribution >= 0.6 is 0 Å². The summed E-state index contributed by atoms with van der Waals surface area (Å²) in [5.41, 5.74) is 0. The lowest BCUT2D eigenvalue weighted by atomic mass is 10.2. The fourth-order valence-electron chi connectivity index (χ4n) is 1.60. The number of rotatable bonds is 0. The minimum atomic E-state index is -0.250. The van der Waals surface area contributed by atoms with Crippen LogP contribution in [0.25, 0.3) is 0 Å². The summed E-state index contributed by atoms with van der Waals surface area (Å²) in [4.78, 5) is 8.36. The molecule has 0 spiro atoms. The minimum absolute atomic E-state index is 0.250. The summed E-state index contributed by atoms with van der Waals surface area (Å²) in [6.45, 7) is 2.02. The first-order valence-corrected chi connectivity index (χ1v) is 3.61. The second-order valence-electron chi connectivity index (χ2n) is 3.01. The van der Waals surface area contributed by atoms with Crippen molar-refractivity contribution in [2.24, 2.45) is 5.92 Å². The molecular formula is C7H13NO2. The lowest BCUT2D eigenvalue weighted by Gasteiger charge is -2.01. The van der Waals surface area contributed by atoms with Gasteiger partial charge in [0.25, 0.3) is 6.47 Å². The van der Waals surface area contributed by atoms with Gasteiger partial charge in [0.05, 0.1) is 0 Å². The van der Waals surface area contributed by atoms with Crippen LogP contribution in [0.2, 0.25) is 0 Å². The van der Waals surface area contributed by atoms with Crippen LogP contribution in [-0.2, 0) is 4.79 Å². The van der Waals surface area contributed by atoms with Crippen molar-refractivity contribution in [1.82, 2.24) is 5.32 Å². The highest BCUT2D eigenvalue weighted by Gasteiger charge is 2.43. The lowest BCUT2D eigenvalue weighted by Crippen LogP contribution is -2.21. The Morgan fingerprint density at radius 2 is 2.20 bits per heavy atom. The summed E-state index contributed by atoms with van der Waals surface area (Å²) in [5.74, 6) is 1.08. The fraction of sp³-hybridized carbons (Fsp3) is 0.857. The molecule has 0 amide bonds. The van der Waals surface area contributed by atoms with Crippen molar-refractivity contribution in [2.45, 2.75) is 31.8 Å². The molecule has 10 heavy (non-hydrogen) atoms. The first-order valence-electron chi connectivity index (χ1n) is 3.61. The Bertz CT molecular complexity index is 117. The van der Waals surface area contributed by atoms with Gasteiger partial charge in [0.15, 0.2) is 0 Å². The summed E-state index contributed by atoms with van der Waals surface area (Å²) in [7, 11) is 0. The van der Waals surface area contributed by atoms with Gasteiger partial charge in [-0.3, -0.25) is 4.79 Å². The average molecular weight is 143 g/mol. The molecule has 3 unspecified atom stereocenters. The van der Waals surface area contributed by atoms with Crippen LogP contribution in [0.1, 0.15) is 19.8 Å². The van der Waals surface area contributed by atoms with Crippen molar-refractivity contribution < 1.29 is 9.90 Å². The van der Waals surface area contributed by atoms with E-state index in [1.54, 1.807) is 0 Å². The highest BCUT2D eigenvalue weighted by molar-refractivity contribution is 5.32. The van der Waals surface area contributed by atoms with E-state index >= 15 is 0 Å². The Balaban J connectivity index is 0.000000148. The van der Waals surface area contributed by atoms with Crippen LogP contribution in [0.4, 0.5) is 0 Å². The molecule has 0 bridgehead atoms. The van der Waals surface area contributed by atoms with Crippen LogP contribution in [-0.4, -0.2) is 23.7 Å². The Labute approximate surface area is 60.4 Å². The van der Waals surface area contributed by atoms with E-state index in [1.165, 1.54) is 12.8 Å². The molecule has 2 aliphatic rings. The quantitative estimate of drug-likeness (QED) is 0.484. The highest BCUT2D eigenvalue weighted by Crippen LogP contribution is 2.40. The Kier molecular flexibility index (Phi) is 2.27. The molecule has 2 rings (SSSR count). The second-order valence-corrected chi connectivity index (χ2v) is 3.01. The molecule has 0 aromatic rings. The number of carbonyl (C=O) groups is 1. The molecule has 1 saturated carbocycles. The van der Waals surface area contributed by atoms with E-state index in [0.29, 0.717) is 0 Å². The SMILES string of the molecule is CC1CC2CC2N1.O=CO. The van der Waals surface area contributed by atoms with E-state index < -0.39 is 0 Å². The molecule has 3 heteroatoms. The van der Waals surface area contributed by atoms with E-state index in [2.05, 4.69) is 12.2 Å². The molecule has 0 aromatic carbocycles. The molecule has 0 aromatic heterocycles. The number of carboxylic acid groups (broad SMARTS) is 1. The van der Waals surface area contributed by atoms with Crippen molar-refractivity contribution in [1.29, 1.82) is 0 Å². The summed E-state index contributed by atoms with van der Waals surface area (Å²) in [6.07, 6.45) is 2.90. The lowest BCUT2D eigenvalue weighted by molar-refractivity contribution is -0.122. The first kappa shape index (κ1) is 7.54. The van der Waals surface area contributed by atoms with E-state index in [-0.39, 0.29) is 6.47 Å². The van der Waals surface area contributed by atoms with Crippen LogP contribution in [0.15, 0.2) is 0 Å². The molecule has 58 valence electrons. The van der Waals surface area contributed by atoms with E-state index in [9.17, 15) is 0 Å². The van der Waals surface area contributed by atoms with Gasteiger partial charge < -0.3 is 10.4 Å². The summed E-state index contributed by atoms with van der Waals surface area (Å²) in [6, 6.07) is 1.76. The van der Waals surface area contributed by atoms with Crippen LogP contribution in [0.5, 0.6) is 0 Å². The second kappa shape index (κ2) is 3.01. The van der Waals surface area contributed by atoms with Crippen molar-refractivity contribution >= 4 is 6.47 Å². The Morgan fingerprint density at radius 3 is 2.40 bits per heavy atom. The normalized spacial score (nSPS) is 41.1. The molecule has 2 fully saturated rings. The standard InChI is InChI=1S/C6H11N.CH2O2/c1-4-2-5-3-6(5)7-4;2-1-3/h4-7H,2-3H2,1H3;1H,(H,2,3). The molecular weight excluding hydrogens is 130 g/mol. The van der Waals surface area contributed by atoms with E-state index in [4.69, 9.17) is 9.90 Å². The zero-order valence-electron chi connectivity index (χ0n) is 6.08. The topological polar surface area (TPSA) is 49.3 Å². The predicted octanol–water partition coefficient (Wildman–Crippen LogP) is 0.457. The third-order valence-corrected chi connectivity index (χ3v) is 2.08. The van der Waals surface area contributed by atoms with Gasteiger partial charge in [-0.1, -0.05) is 0 Å². The van der Waals surface area contributed by atoms with Crippen molar-refractivity contribution in [3.05, 3.63) is 0 Å². The summed E-state index contributed by atoms with van der Waals surface area (Å²) in [5, 5.41) is 10.4. The third-order valence-electron chi connectivity index (χ3n) is 2.08. The van der Waals surface area contributed by atoms with Gasteiger partial charge in [-0.05, 0) is 25.7 Å². The average Bonchev–Trinajstić information content (AvgIpc) is 2.42. The van der Waals surface area contributed by atoms with Crippen LogP contribution in [0, 0.1) is 5.92 Å². The predicted molar refractivity (Wildman–Crippen MR) is 37.8 cm³/mol. The summed E-state index contributed by atoms with van der Waals surface area (Å²) < 4.78 is 0. The Hall–Kier alpha value is -0.570. The van der Waals surface area contributed by atoms with E-state index in [0.717, 1.165) is 18.0 Å². The van der Waals surface area contributed by atoms with Gasteiger partial charge in [0.1, 0.15) is 0 Å². The molecule has 1 aliphatic heterocycles. The van der Waals surface area contributed by atoms with Crippen molar-refractivity contribution in [2.75, 3.05) is 0 Å². The number of nitrogens with one attached hydrogen (secondary N) is 1. The van der Waals surface area contributed by atoms with E-state index in [1.807, 2.05) is 0 Å². The van der Waals surface area contributed by atoms with Crippen molar-refractivity contribution in [3.8, 4) is 0 Å². The van der Waals surface area contributed by atoms with Gasteiger partial charge in [-0.2, -0.15) is 0 Å². The zero-order chi connectivity index (χ0) is 7.56. The molecule has 1 saturated heterocycles. The number of fused-ring (bicyclic) bond motifs is 1. The molecule has 1 aliphatic carbocycles. The molecule has 2 N–H and O–H groups in total. The maximum Gasteiger partial charge on any atom is 0.290 e. The van der Waals surface area contributed by atoms with Crippen molar-refractivity contribution in [3.63, 3.8) is 0 Å². The molecule has 1 heterocycles. The molecule has 3 nitrogen and oxygen atoms in total. The minimum Gasteiger partial charge on any atom is -0.483 e. The Morgan fingerprint density at radius 1 is 1.60 bits per heavy atom. The smallest absolute Gasteiger partial charge is 0.290 e. The van der Waals surface area contributed by atoms with Gasteiger partial charge in [0.2, 0.25) is 0 Å². The number of piperidine rings is 1. The fourth-order valence-corrected chi connectivity index (χ4v) is 1.60. The largest absolute Gasteiger partial charge is 0.483 e. The molecule has 3 atom stereocenters. The first-order chi connectivity index (χ1) is 4.77. The number of hydrogen-bond donors (Lipinski definition) is 2. The monoisotopic (exact) mass is 143 g/mol. The van der Waals surface area contributed by atoms with Gasteiger partial charge in [-0.25, -0.2) is 0 Å². The van der Waals surface area contributed by atoms with Crippen LogP contribution in [0.3, 0.4) is 0 Å². The van der Waals surface area contributed by atoms with Gasteiger partial charge in [0, 0.05) is 12.1 Å². The third kappa shape index (κ3) is 1.70. The van der Waals surface area contributed by atoms with Gasteiger partial charge in [-0.15, -0.1) is 0 Å². The summed E-state index contributed by atoms with van der Waals surface area (Å²) >= 11 is 0.